The topological polar surface area (TPSA) is 75.7 Å². The fraction of sp³-hybridized carbons (Fsp3) is 0.611. The summed E-state index contributed by atoms with van der Waals surface area (Å²) in [7, 11) is -0.324. The molecule has 140 valence electrons. The molecule has 1 saturated carbocycles. The predicted octanol–water partition coefficient (Wildman–Crippen LogP) is 2.40. The Morgan fingerprint density at radius 2 is 1.76 bits per heavy atom. The number of nitrogens with one attached hydrogen (secondary N) is 1. The number of benzene rings is 1. The Labute approximate surface area is 150 Å². The van der Waals surface area contributed by atoms with Crippen molar-refractivity contribution in [3.05, 3.63) is 29.8 Å². The Morgan fingerprint density at radius 3 is 2.16 bits per heavy atom. The van der Waals surface area contributed by atoms with Crippen molar-refractivity contribution in [3.8, 4) is 0 Å². The van der Waals surface area contributed by atoms with Crippen molar-refractivity contribution in [2.24, 2.45) is 0 Å². The molecule has 7 heteroatoms. The lowest BCUT2D eigenvalue weighted by Gasteiger charge is -2.45. The van der Waals surface area contributed by atoms with Gasteiger partial charge in [0.15, 0.2) is 0 Å². The van der Waals surface area contributed by atoms with Crippen LogP contribution in [0.3, 0.4) is 0 Å². The molecule has 0 heterocycles. The first-order valence-electron chi connectivity index (χ1n) is 8.58. The van der Waals surface area contributed by atoms with Gasteiger partial charge in [0.1, 0.15) is 0 Å². The number of amides is 1. The molecule has 1 fully saturated rings. The molecule has 6 nitrogen and oxygen atoms in total. The zero-order chi connectivity index (χ0) is 18.8. The number of hydrogen-bond donors (Lipinski definition) is 1. The van der Waals surface area contributed by atoms with Crippen LogP contribution in [0, 0.1) is 0 Å². The van der Waals surface area contributed by atoms with E-state index in [0.29, 0.717) is 5.56 Å². The normalized spacial score (nSPS) is 18.0. The number of rotatable bonds is 7. The molecular formula is C18H28N2O4S. The molecule has 1 amide bonds. The lowest BCUT2D eigenvalue weighted by molar-refractivity contribution is -0.0919. The summed E-state index contributed by atoms with van der Waals surface area (Å²) in [6.07, 6.45) is 2.97. The van der Waals surface area contributed by atoms with Gasteiger partial charge in [-0.3, -0.25) is 4.79 Å². The molecule has 0 saturated heterocycles. The van der Waals surface area contributed by atoms with Gasteiger partial charge in [-0.1, -0.05) is 0 Å². The lowest BCUT2D eigenvalue weighted by atomic mass is 9.75. The van der Waals surface area contributed by atoms with Gasteiger partial charge in [0.05, 0.1) is 16.5 Å². The zero-order valence-corrected chi connectivity index (χ0v) is 16.4. The summed E-state index contributed by atoms with van der Waals surface area (Å²) in [6.45, 7) is 5.57. The average Bonchev–Trinajstić information content (AvgIpc) is 2.53. The van der Waals surface area contributed by atoms with Gasteiger partial charge < -0.3 is 10.1 Å². The van der Waals surface area contributed by atoms with Crippen molar-refractivity contribution in [2.75, 3.05) is 14.2 Å². The molecule has 1 aromatic rings. The number of hydrogen-bond acceptors (Lipinski definition) is 4. The maximum atomic E-state index is 12.5. The van der Waals surface area contributed by atoms with E-state index in [9.17, 15) is 13.2 Å². The van der Waals surface area contributed by atoms with Gasteiger partial charge in [-0.2, -0.15) is 4.31 Å². The van der Waals surface area contributed by atoms with Crippen LogP contribution in [0.15, 0.2) is 29.2 Å². The van der Waals surface area contributed by atoms with Crippen molar-refractivity contribution < 1.29 is 17.9 Å². The number of nitrogens with zero attached hydrogens (tertiary/aromatic N) is 1. The van der Waals surface area contributed by atoms with Crippen LogP contribution in [0.2, 0.25) is 0 Å². The van der Waals surface area contributed by atoms with E-state index in [-0.39, 0.29) is 28.5 Å². The van der Waals surface area contributed by atoms with Gasteiger partial charge in [-0.25, -0.2) is 8.42 Å². The van der Waals surface area contributed by atoms with E-state index in [0.717, 1.165) is 19.3 Å². The summed E-state index contributed by atoms with van der Waals surface area (Å²) in [6, 6.07) is 5.80. The number of methoxy groups -OCH3 is 1. The molecule has 0 aromatic heterocycles. The van der Waals surface area contributed by atoms with Gasteiger partial charge in [0.25, 0.3) is 5.91 Å². The fourth-order valence-corrected chi connectivity index (χ4v) is 4.34. The van der Waals surface area contributed by atoms with Crippen LogP contribution in [0.1, 0.15) is 50.4 Å². The summed E-state index contributed by atoms with van der Waals surface area (Å²) in [5.41, 5.74) is 0.155. The van der Waals surface area contributed by atoms with Crippen LogP contribution in [-0.2, 0) is 14.8 Å². The van der Waals surface area contributed by atoms with Crippen LogP contribution < -0.4 is 5.32 Å². The van der Waals surface area contributed by atoms with Crippen LogP contribution >= 0.6 is 0 Å². The van der Waals surface area contributed by atoms with Crippen LogP contribution in [0.25, 0.3) is 0 Å². The molecule has 0 bridgehead atoms. The SMILES string of the molecule is COC1(C(C)NC(=O)c2ccc(S(=O)(=O)N(C)C(C)C)cc2)CCC1. The highest BCUT2D eigenvalue weighted by atomic mass is 32.2. The van der Waals surface area contributed by atoms with Gasteiger partial charge >= 0.3 is 0 Å². The highest BCUT2D eigenvalue weighted by Gasteiger charge is 2.42. The largest absolute Gasteiger partial charge is 0.376 e. The number of carbonyl (C=O) groups excluding carboxylic acids is 1. The smallest absolute Gasteiger partial charge is 0.251 e. The maximum absolute atomic E-state index is 12.5. The van der Waals surface area contributed by atoms with Gasteiger partial charge in [0, 0.05) is 25.8 Å². The summed E-state index contributed by atoms with van der Waals surface area (Å²) in [5, 5.41) is 2.97. The fourth-order valence-electron chi connectivity index (χ4n) is 2.97. The molecule has 1 unspecified atom stereocenters. The Kier molecular flexibility index (Phi) is 5.91. The van der Waals surface area contributed by atoms with Crippen molar-refractivity contribution >= 4 is 15.9 Å². The standard InChI is InChI=1S/C18H28N2O4S/c1-13(2)20(4)25(22,23)16-9-7-15(8-10-16)17(21)19-14(3)18(24-5)11-6-12-18/h7-10,13-14H,6,11-12H2,1-5H3,(H,19,21). The van der Waals surface area contributed by atoms with E-state index >= 15 is 0 Å². The van der Waals surface area contributed by atoms with E-state index < -0.39 is 10.0 Å². The molecule has 1 aliphatic rings. The molecule has 1 aromatic carbocycles. The molecule has 2 rings (SSSR count). The van der Waals surface area contributed by atoms with Crippen molar-refractivity contribution in [1.82, 2.24) is 9.62 Å². The third-order valence-electron chi connectivity index (χ3n) is 5.26. The number of sulfonamides is 1. The van der Waals surface area contributed by atoms with Crippen LogP contribution in [0.5, 0.6) is 0 Å². The molecule has 25 heavy (non-hydrogen) atoms. The monoisotopic (exact) mass is 368 g/mol. The van der Waals surface area contributed by atoms with Gasteiger partial charge in [-0.15, -0.1) is 0 Å². The average molecular weight is 368 g/mol. The predicted molar refractivity (Wildman–Crippen MR) is 97.0 cm³/mol. The molecule has 0 radical (unpaired) electrons. The quantitative estimate of drug-likeness (QED) is 0.802. The molecule has 0 spiro atoms. The van der Waals surface area contributed by atoms with Gasteiger partial charge in [0.2, 0.25) is 10.0 Å². The van der Waals surface area contributed by atoms with Crippen LogP contribution in [-0.4, -0.2) is 50.5 Å². The second kappa shape index (κ2) is 7.43. The van der Waals surface area contributed by atoms with E-state index in [2.05, 4.69) is 5.32 Å². The molecule has 0 aliphatic heterocycles. The van der Waals surface area contributed by atoms with Crippen LogP contribution in [0.4, 0.5) is 0 Å². The molecule has 1 aliphatic carbocycles. The summed E-state index contributed by atoms with van der Waals surface area (Å²) in [5.74, 6) is -0.225. The highest BCUT2D eigenvalue weighted by Crippen LogP contribution is 2.38. The Morgan fingerprint density at radius 1 is 1.20 bits per heavy atom. The minimum absolute atomic E-state index is 0.103. The number of ether oxygens (including phenoxy) is 1. The Balaban J connectivity index is 2.10. The summed E-state index contributed by atoms with van der Waals surface area (Å²) < 4.78 is 31.8. The van der Waals surface area contributed by atoms with E-state index in [1.807, 2.05) is 20.8 Å². The summed E-state index contributed by atoms with van der Waals surface area (Å²) >= 11 is 0. The highest BCUT2D eigenvalue weighted by molar-refractivity contribution is 7.89. The first kappa shape index (κ1) is 19.9. The zero-order valence-electron chi connectivity index (χ0n) is 15.6. The minimum Gasteiger partial charge on any atom is -0.376 e. The second-order valence-electron chi connectivity index (χ2n) is 6.96. The minimum atomic E-state index is -3.54. The number of carbonyl (C=O) groups is 1. The molecular weight excluding hydrogens is 340 g/mol. The Hall–Kier alpha value is -1.44. The second-order valence-corrected chi connectivity index (χ2v) is 8.95. The first-order valence-corrected chi connectivity index (χ1v) is 10.0. The molecule has 1 N–H and O–H groups in total. The van der Waals surface area contributed by atoms with E-state index in [1.54, 1.807) is 26.3 Å². The third kappa shape index (κ3) is 3.88. The molecule has 1 atom stereocenters. The maximum Gasteiger partial charge on any atom is 0.251 e. The van der Waals surface area contributed by atoms with Crippen molar-refractivity contribution in [3.63, 3.8) is 0 Å². The first-order chi connectivity index (χ1) is 11.6. The van der Waals surface area contributed by atoms with E-state index in [4.69, 9.17) is 4.74 Å². The van der Waals surface area contributed by atoms with E-state index in [1.165, 1.54) is 16.4 Å². The Bertz CT molecular complexity index is 704. The van der Waals surface area contributed by atoms with Gasteiger partial charge in [-0.05, 0) is 64.3 Å². The third-order valence-corrected chi connectivity index (χ3v) is 7.31. The van der Waals surface area contributed by atoms with Crippen molar-refractivity contribution in [1.29, 1.82) is 0 Å². The lowest BCUT2D eigenvalue weighted by Crippen LogP contribution is -2.56. The van der Waals surface area contributed by atoms with Crippen molar-refractivity contribution in [2.45, 2.75) is 62.6 Å². The summed E-state index contributed by atoms with van der Waals surface area (Å²) in [4.78, 5) is 12.6.